The third kappa shape index (κ3) is 61.5. The fourth-order valence-electron chi connectivity index (χ4n) is 5.62. The van der Waals surface area contributed by atoms with E-state index in [1.807, 2.05) is 19.2 Å². The molecule has 0 aliphatic rings. The highest BCUT2D eigenvalue weighted by Gasteiger charge is 2.32. The van der Waals surface area contributed by atoms with E-state index in [0.29, 0.717) is 12.8 Å². The Kier molecular flexibility index (Phi) is 66.7. The highest BCUT2D eigenvalue weighted by molar-refractivity contribution is 9.10. The Morgan fingerprint density at radius 3 is 0.635 bits per heavy atom. The molecule has 52 heavy (non-hydrogen) atoms. The van der Waals surface area contributed by atoms with E-state index in [9.17, 15) is 9.59 Å². The Hall–Kier alpha value is -0.580. The maximum atomic E-state index is 11.3. The predicted octanol–water partition coefficient (Wildman–Crippen LogP) is 17.7. The highest BCUT2D eigenvalue weighted by atomic mass is 79.9. The minimum absolute atomic E-state index is 0.375. The first-order chi connectivity index (χ1) is 25.1. The number of hydrogen-bond acceptors (Lipinski definition) is 2. The first kappa shape index (κ1) is 60.7. The average Bonchev–Trinajstić information content (AvgIpc) is 3.14. The van der Waals surface area contributed by atoms with Crippen molar-refractivity contribution < 1.29 is 9.59 Å². The largest absolute Gasteiger partial charge is 0.351 e. The molecule has 5 heteroatoms. The van der Waals surface area contributed by atoms with Gasteiger partial charge in [0, 0.05) is 0 Å². The number of carbonyl (C=O) groups excluding carboxylic acids is 2. The monoisotopic (exact) mass is 805 g/mol. The number of rotatable bonds is 31. The maximum absolute atomic E-state index is 11.3. The molecule has 0 bridgehead atoms. The van der Waals surface area contributed by atoms with E-state index < -0.39 is 10.4 Å². The van der Waals surface area contributed by atoms with Crippen LogP contribution >= 0.6 is 15.9 Å². The Morgan fingerprint density at radius 2 is 0.519 bits per heavy atom. The predicted molar refractivity (Wildman–Crippen MR) is 243 cm³/mol. The molecule has 0 unspecified atom stereocenters. The summed E-state index contributed by atoms with van der Waals surface area (Å²) in [7, 11) is 0. The fourth-order valence-corrected chi connectivity index (χ4v) is 5.72. The van der Waals surface area contributed by atoms with Gasteiger partial charge in [-0.15, -0.1) is 0 Å². The van der Waals surface area contributed by atoms with Crippen LogP contribution in [-0.2, 0) is 4.79 Å². The van der Waals surface area contributed by atoms with E-state index in [-0.39, 0.29) is 5.91 Å². The van der Waals surface area contributed by atoms with E-state index >= 15 is 0 Å². The zero-order valence-corrected chi connectivity index (χ0v) is 39.4. The zero-order chi connectivity index (χ0) is 40.4. The molecule has 0 saturated heterocycles. The number of amides is 3. The van der Waals surface area contributed by atoms with E-state index in [0.717, 1.165) is 0 Å². The Bertz CT molecular complexity index is 529. The normalized spacial score (nSPS) is 10.4. The molecule has 0 aliphatic carbocycles. The number of nitrogens with one attached hydrogen (secondary N) is 1. The number of urea groups is 1. The van der Waals surface area contributed by atoms with Crippen molar-refractivity contribution in [2.24, 2.45) is 5.73 Å². The molecule has 0 heterocycles. The van der Waals surface area contributed by atoms with Crippen LogP contribution < -0.4 is 11.1 Å². The SMILES string of the molecule is CCC(Br)(CC)C(=O)NC(N)=O.CCCCCCCCCC.CCCCCCCCCC.CCCCCCCCCC.CCCCCCCCCC. The van der Waals surface area contributed by atoms with E-state index in [4.69, 9.17) is 5.73 Å². The van der Waals surface area contributed by atoms with Gasteiger partial charge in [0.05, 0.1) is 0 Å². The van der Waals surface area contributed by atoms with Gasteiger partial charge in [0.2, 0.25) is 5.91 Å². The molecule has 0 atom stereocenters. The lowest BCUT2D eigenvalue weighted by atomic mass is 10.0. The number of hydrogen-bond donors (Lipinski definition) is 2. The van der Waals surface area contributed by atoms with Crippen LogP contribution in [-0.4, -0.2) is 16.3 Å². The summed E-state index contributed by atoms with van der Waals surface area (Å²) in [6, 6.07) is -0.814. The second-order valence-electron chi connectivity index (χ2n) is 15.0. The molecule has 0 fully saturated rings. The first-order valence-corrected chi connectivity index (χ1v) is 24.2. The Labute approximate surface area is 339 Å². The van der Waals surface area contributed by atoms with Crippen molar-refractivity contribution in [2.45, 2.75) is 292 Å². The van der Waals surface area contributed by atoms with E-state index in [1.165, 1.54) is 205 Å². The van der Waals surface area contributed by atoms with Gasteiger partial charge in [0.1, 0.15) is 4.32 Å². The van der Waals surface area contributed by atoms with Gasteiger partial charge in [-0.2, -0.15) is 0 Å². The van der Waals surface area contributed by atoms with Gasteiger partial charge in [-0.3, -0.25) is 10.1 Å². The number of imide groups is 1. The van der Waals surface area contributed by atoms with Crippen molar-refractivity contribution in [3.63, 3.8) is 0 Å². The van der Waals surface area contributed by atoms with Crippen molar-refractivity contribution in [3.05, 3.63) is 0 Å². The van der Waals surface area contributed by atoms with Gasteiger partial charge in [0.25, 0.3) is 0 Å². The molecule has 4 nitrogen and oxygen atoms in total. The molecule has 0 aromatic heterocycles. The van der Waals surface area contributed by atoms with Crippen LogP contribution in [0.5, 0.6) is 0 Å². The molecule has 0 spiro atoms. The van der Waals surface area contributed by atoms with Crippen LogP contribution in [0.4, 0.5) is 4.79 Å². The van der Waals surface area contributed by atoms with E-state index in [2.05, 4.69) is 71.3 Å². The first-order valence-electron chi connectivity index (χ1n) is 23.4. The summed E-state index contributed by atoms with van der Waals surface area (Å²) in [5.41, 5.74) is 4.81. The number of primary amides is 1. The summed E-state index contributed by atoms with van der Waals surface area (Å²) < 4.78 is -0.665. The van der Waals surface area contributed by atoms with Gasteiger partial charge in [0.15, 0.2) is 0 Å². The fraction of sp³-hybridized carbons (Fsp3) is 0.957. The standard InChI is InChI=1S/4C10H22.C7H13BrN2O2/c4*1-3-5-7-9-10-8-6-4-2;1-3-7(8,4-2)5(11)10-6(9)12/h4*3-10H2,1-2H3;3-4H2,1-2H3,(H3,9,10,11,12). The molecule has 0 saturated carbocycles. The van der Waals surface area contributed by atoms with Gasteiger partial charge >= 0.3 is 6.03 Å². The lowest BCUT2D eigenvalue weighted by Gasteiger charge is -2.21. The molecular formula is C47H101BrN2O2. The third-order valence-corrected chi connectivity index (χ3v) is 11.1. The number of alkyl halides is 1. The maximum Gasteiger partial charge on any atom is 0.318 e. The quantitative estimate of drug-likeness (QED) is 0.0541. The summed E-state index contributed by atoms with van der Waals surface area (Å²) >= 11 is 3.26. The molecule has 0 aromatic rings. The second kappa shape index (κ2) is 57.1. The minimum atomic E-state index is -0.814. The minimum Gasteiger partial charge on any atom is -0.351 e. The van der Waals surface area contributed by atoms with Crippen LogP contribution in [0, 0.1) is 0 Å². The van der Waals surface area contributed by atoms with Gasteiger partial charge in [-0.05, 0) is 12.8 Å². The molecule has 318 valence electrons. The van der Waals surface area contributed by atoms with Crippen molar-refractivity contribution in [1.82, 2.24) is 5.32 Å². The lowest BCUT2D eigenvalue weighted by molar-refractivity contribution is -0.122. The van der Waals surface area contributed by atoms with Crippen LogP contribution in [0.3, 0.4) is 0 Å². The number of unbranched alkanes of at least 4 members (excludes halogenated alkanes) is 28. The van der Waals surface area contributed by atoms with E-state index in [1.54, 1.807) is 0 Å². The van der Waals surface area contributed by atoms with Crippen LogP contribution in [0.2, 0.25) is 0 Å². The lowest BCUT2D eigenvalue weighted by Crippen LogP contribution is -2.46. The van der Waals surface area contributed by atoms with Crippen LogP contribution in [0.25, 0.3) is 0 Å². The van der Waals surface area contributed by atoms with Crippen LogP contribution in [0.1, 0.15) is 288 Å². The Balaban J connectivity index is -0.000000177. The zero-order valence-electron chi connectivity index (χ0n) is 37.8. The van der Waals surface area contributed by atoms with Gasteiger partial charge < -0.3 is 5.73 Å². The molecule has 0 radical (unpaired) electrons. The summed E-state index contributed by atoms with van der Waals surface area (Å²) in [6.07, 6.45) is 47.1. The third-order valence-electron chi connectivity index (χ3n) is 9.59. The van der Waals surface area contributed by atoms with Gasteiger partial charge in [-0.1, -0.05) is 291 Å². The van der Waals surface area contributed by atoms with Crippen molar-refractivity contribution >= 4 is 27.9 Å². The van der Waals surface area contributed by atoms with Crippen molar-refractivity contribution in [3.8, 4) is 0 Å². The average molecular weight is 806 g/mol. The summed E-state index contributed by atoms with van der Waals surface area (Å²) in [6.45, 7) is 21.9. The molecule has 0 aliphatic heterocycles. The van der Waals surface area contributed by atoms with Crippen molar-refractivity contribution in [1.29, 1.82) is 0 Å². The second-order valence-corrected chi connectivity index (χ2v) is 16.5. The van der Waals surface area contributed by atoms with Gasteiger partial charge in [-0.25, -0.2) is 4.79 Å². The molecule has 0 rings (SSSR count). The molecular weight excluding hydrogens is 704 g/mol. The van der Waals surface area contributed by atoms with Crippen LogP contribution in [0.15, 0.2) is 0 Å². The summed E-state index contributed by atoms with van der Waals surface area (Å²) in [5.74, 6) is -0.375. The smallest absolute Gasteiger partial charge is 0.318 e. The number of carbonyl (C=O) groups is 2. The molecule has 3 amide bonds. The summed E-state index contributed by atoms with van der Waals surface area (Å²) in [4.78, 5) is 21.6. The molecule has 3 N–H and O–H groups in total. The number of halogens is 1. The molecule has 0 aromatic carbocycles. The number of nitrogens with two attached hydrogens (primary N) is 1. The summed E-state index contributed by atoms with van der Waals surface area (Å²) in [5, 5.41) is 2.04. The highest BCUT2D eigenvalue weighted by Crippen LogP contribution is 2.26. The topological polar surface area (TPSA) is 72.2 Å². The van der Waals surface area contributed by atoms with Crippen molar-refractivity contribution in [2.75, 3.05) is 0 Å². The Morgan fingerprint density at radius 1 is 0.365 bits per heavy atom.